The van der Waals surface area contributed by atoms with E-state index < -0.39 is 29.7 Å². The minimum absolute atomic E-state index is 0.0597. The molecule has 0 saturated carbocycles. The number of carbonyl (C=O) groups is 2. The van der Waals surface area contributed by atoms with Crippen molar-refractivity contribution in [1.82, 2.24) is 14.7 Å². The number of hydrogen-bond donors (Lipinski definition) is 1. The third-order valence-corrected chi connectivity index (χ3v) is 3.92. The van der Waals surface area contributed by atoms with Gasteiger partial charge in [0.05, 0.1) is 24.5 Å². The zero-order chi connectivity index (χ0) is 18.9. The van der Waals surface area contributed by atoms with Crippen molar-refractivity contribution in [3.05, 3.63) is 47.8 Å². The largest absolute Gasteiger partial charge is 0.480 e. The van der Waals surface area contributed by atoms with Crippen molar-refractivity contribution in [1.29, 1.82) is 0 Å². The van der Waals surface area contributed by atoms with Crippen LogP contribution < -0.4 is 0 Å². The number of amides is 1. The number of benzene rings is 1. The Morgan fingerprint density at radius 3 is 2.73 bits per heavy atom. The molecule has 1 amide bonds. The molecule has 26 heavy (non-hydrogen) atoms. The monoisotopic (exact) mass is 369 g/mol. The lowest BCUT2D eigenvalue weighted by molar-refractivity contribution is -0.147. The molecule has 3 rings (SSSR count). The summed E-state index contributed by atoms with van der Waals surface area (Å²) in [5, 5.41) is 13.2. The standard InChI is InChI=1S/C16H14F3N3O4/c17-16(18,19)10-2-1-3-11(8-10)22-5-4-12(20-22)14(23)21-6-7-26-9-13(21)15(24)25/h1-5,8,13H,6-7,9H2,(H,24,25)/t13-/m1/s1. The third kappa shape index (κ3) is 3.54. The Kier molecular flexibility index (Phi) is 4.68. The predicted octanol–water partition coefficient (Wildman–Crippen LogP) is 1.82. The first kappa shape index (κ1) is 17.9. The Bertz CT molecular complexity index is 834. The maximum Gasteiger partial charge on any atom is 0.416 e. The summed E-state index contributed by atoms with van der Waals surface area (Å²) in [5.74, 6) is -1.82. The van der Waals surface area contributed by atoms with Gasteiger partial charge in [0.15, 0.2) is 11.7 Å². The molecular formula is C16H14F3N3O4. The second kappa shape index (κ2) is 6.79. The molecule has 0 unspecified atom stereocenters. The summed E-state index contributed by atoms with van der Waals surface area (Å²) >= 11 is 0. The van der Waals surface area contributed by atoms with Crippen LogP contribution >= 0.6 is 0 Å². The second-order valence-electron chi connectivity index (χ2n) is 5.62. The van der Waals surface area contributed by atoms with Gasteiger partial charge in [-0.05, 0) is 24.3 Å². The molecule has 1 atom stereocenters. The number of carbonyl (C=O) groups excluding carboxylic acids is 1. The van der Waals surface area contributed by atoms with E-state index in [4.69, 9.17) is 4.74 Å². The van der Waals surface area contributed by atoms with Gasteiger partial charge in [0.1, 0.15) is 0 Å². The summed E-state index contributed by atoms with van der Waals surface area (Å²) < 4.78 is 44.7. The molecule has 1 fully saturated rings. The molecule has 0 bridgehead atoms. The summed E-state index contributed by atoms with van der Waals surface area (Å²) in [6, 6.07) is 4.71. The number of halogens is 3. The third-order valence-electron chi connectivity index (χ3n) is 3.92. The maximum atomic E-state index is 12.8. The topological polar surface area (TPSA) is 84.7 Å². The summed E-state index contributed by atoms with van der Waals surface area (Å²) in [5.41, 5.74) is -0.760. The number of alkyl halides is 3. The summed E-state index contributed by atoms with van der Waals surface area (Å²) in [4.78, 5) is 24.9. The molecule has 1 aliphatic rings. The van der Waals surface area contributed by atoms with E-state index in [2.05, 4.69) is 5.10 Å². The van der Waals surface area contributed by atoms with Crippen molar-refractivity contribution in [2.45, 2.75) is 12.2 Å². The van der Waals surface area contributed by atoms with Gasteiger partial charge >= 0.3 is 12.1 Å². The average molecular weight is 369 g/mol. The van der Waals surface area contributed by atoms with Crippen LogP contribution in [-0.2, 0) is 15.7 Å². The van der Waals surface area contributed by atoms with Gasteiger partial charge in [-0.3, -0.25) is 4.79 Å². The van der Waals surface area contributed by atoms with Crippen molar-refractivity contribution in [2.75, 3.05) is 19.8 Å². The minimum Gasteiger partial charge on any atom is -0.480 e. The molecule has 2 aromatic rings. The van der Waals surface area contributed by atoms with E-state index in [1.807, 2.05) is 0 Å². The number of morpholine rings is 1. The van der Waals surface area contributed by atoms with Crippen LogP contribution in [0.2, 0.25) is 0 Å². The SMILES string of the molecule is O=C(O)[C@H]1COCCN1C(=O)c1ccn(-c2cccc(C(F)(F)F)c2)n1. The number of ether oxygens (including phenoxy) is 1. The van der Waals surface area contributed by atoms with E-state index in [1.54, 1.807) is 0 Å². The molecule has 7 nitrogen and oxygen atoms in total. The Labute approximate surface area is 145 Å². The van der Waals surface area contributed by atoms with Crippen LogP contribution in [0.3, 0.4) is 0 Å². The van der Waals surface area contributed by atoms with Gasteiger partial charge in [0.2, 0.25) is 0 Å². The van der Waals surface area contributed by atoms with Crippen molar-refractivity contribution < 1.29 is 32.6 Å². The molecule has 2 heterocycles. The van der Waals surface area contributed by atoms with Gasteiger partial charge in [0, 0.05) is 12.7 Å². The fourth-order valence-electron chi connectivity index (χ4n) is 2.61. The number of carboxylic acids is 1. The van der Waals surface area contributed by atoms with E-state index in [0.29, 0.717) is 0 Å². The van der Waals surface area contributed by atoms with Crippen molar-refractivity contribution in [3.63, 3.8) is 0 Å². The molecule has 1 N–H and O–H groups in total. The normalized spacial score (nSPS) is 18.0. The summed E-state index contributed by atoms with van der Waals surface area (Å²) in [7, 11) is 0. The van der Waals surface area contributed by atoms with Gasteiger partial charge in [0.25, 0.3) is 5.91 Å². The Hall–Kier alpha value is -2.88. The van der Waals surface area contributed by atoms with Crippen molar-refractivity contribution in [2.24, 2.45) is 0 Å². The van der Waals surface area contributed by atoms with Crippen LogP contribution in [0.4, 0.5) is 13.2 Å². The molecule has 1 aromatic heterocycles. The van der Waals surface area contributed by atoms with E-state index in [-0.39, 0.29) is 31.1 Å². The Morgan fingerprint density at radius 2 is 2.04 bits per heavy atom. The highest BCUT2D eigenvalue weighted by Gasteiger charge is 2.34. The first-order chi connectivity index (χ1) is 12.3. The average Bonchev–Trinajstić information content (AvgIpc) is 3.10. The predicted molar refractivity (Wildman–Crippen MR) is 81.8 cm³/mol. The number of aromatic nitrogens is 2. The zero-order valence-corrected chi connectivity index (χ0v) is 13.3. The summed E-state index contributed by atoms with van der Waals surface area (Å²) in [6.45, 7) is 0.158. The molecule has 138 valence electrons. The molecule has 1 saturated heterocycles. The first-order valence-electron chi connectivity index (χ1n) is 7.62. The fraction of sp³-hybridized carbons (Fsp3) is 0.312. The quantitative estimate of drug-likeness (QED) is 0.892. The van der Waals surface area contributed by atoms with E-state index in [0.717, 1.165) is 21.7 Å². The van der Waals surface area contributed by atoms with E-state index in [9.17, 15) is 27.9 Å². The molecule has 10 heteroatoms. The molecule has 1 aliphatic heterocycles. The number of rotatable bonds is 3. The maximum absolute atomic E-state index is 12.8. The highest BCUT2D eigenvalue weighted by molar-refractivity contribution is 5.95. The van der Waals surface area contributed by atoms with E-state index in [1.165, 1.54) is 24.4 Å². The van der Waals surface area contributed by atoms with Gasteiger partial charge in [-0.25, -0.2) is 9.48 Å². The Morgan fingerprint density at radius 1 is 1.27 bits per heavy atom. The van der Waals surface area contributed by atoms with Crippen LogP contribution in [0, 0.1) is 0 Å². The molecular weight excluding hydrogens is 355 g/mol. The van der Waals surface area contributed by atoms with Gasteiger partial charge in [-0.15, -0.1) is 0 Å². The zero-order valence-electron chi connectivity index (χ0n) is 13.3. The van der Waals surface area contributed by atoms with Crippen molar-refractivity contribution >= 4 is 11.9 Å². The minimum atomic E-state index is -4.50. The lowest BCUT2D eigenvalue weighted by Crippen LogP contribution is -2.52. The van der Waals surface area contributed by atoms with Crippen LogP contribution in [0.5, 0.6) is 0 Å². The lowest BCUT2D eigenvalue weighted by atomic mass is 10.2. The smallest absolute Gasteiger partial charge is 0.416 e. The highest BCUT2D eigenvalue weighted by Crippen LogP contribution is 2.30. The highest BCUT2D eigenvalue weighted by atomic mass is 19.4. The Balaban J connectivity index is 1.86. The van der Waals surface area contributed by atoms with Crippen LogP contribution in [-0.4, -0.2) is 57.5 Å². The van der Waals surface area contributed by atoms with Crippen LogP contribution in [0.1, 0.15) is 16.1 Å². The van der Waals surface area contributed by atoms with E-state index >= 15 is 0 Å². The number of aliphatic carboxylic acids is 1. The fourth-order valence-corrected chi connectivity index (χ4v) is 2.61. The molecule has 1 aromatic carbocycles. The van der Waals surface area contributed by atoms with Crippen LogP contribution in [0.25, 0.3) is 5.69 Å². The first-order valence-corrected chi connectivity index (χ1v) is 7.62. The van der Waals surface area contributed by atoms with Gasteiger partial charge in [-0.2, -0.15) is 18.3 Å². The lowest BCUT2D eigenvalue weighted by Gasteiger charge is -2.32. The molecule has 0 aliphatic carbocycles. The number of nitrogens with zero attached hydrogens (tertiary/aromatic N) is 3. The summed E-state index contributed by atoms with van der Waals surface area (Å²) in [6.07, 6.45) is -3.15. The molecule has 0 radical (unpaired) electrons. The molecule has 0 spiro atoms. The van der Waals surface area contributed by atoms with Gasteiger partial charge < -0.3 is 14.7 Å². The van der Waals surface area contributed by atoms with Crippen LogP contribution in [0.15, 0.2) is 36.5 Å². The number of carboxylic acid groups (broad SMARTS) is 1. The second-order valence-corrected chi connectivity index (χ2v) is 5.62. The number of hydrogen-bond acceptors (Lipinski definition) is 4. The van der Waals surface area contributed by atoms with Gasteiger partial charge in [-0.1, -0.05) is 6.07 Å². The van der Waals surface area contributed by atoms with Crippen molar-refractivity contribution in [3.8, 4) is 5.69 Å².